The lowest BCUT2D eigenvalue weighted by Gasteiger charge is -2.35. The molecule has 0 spiro atoms. The molecular weight excluding hydrogens is 559 g/mol. The number of halogens is 3. The number of piperazine rings is 1. The molecule has 214 valence electrons. The zero-order valence-corrected chi connectivity index (χ0v) is 22.5. The van der Waals surface area contributed by atoms with Gasteiger partial charge in [-0.3, -0.25) is 4.79 Å². The van der Waals surface area contributed by atoms with Gasteiger partial charge in [0.1, 0.15) is 29.7 Å². The van der Waals surface area contributed by atoms with Crippen molar-refractivity contribution >= 4 is 21.4 Å². The van der Waals surface area contributed by atoms with Crippen molar-refractivity contribution in [2.75, 3.05) is 36.8 Å². The first-order chi connectivity index (χ1) is 19.6. The monoisotopic (exact) mass is 585 g/mol. The summed E-state index contributed by atoms with van der Waals surface area (Å²) in [5.41, 5.74) is 6.80. The molecule has 1 fully saturated rings. The summed E-state index contributed by atoms with van der Waals surface area (Å²) in [4.78, 5) is 15.3. The molecule has 2 heterocycles. The molecule has 2 N–H and O–H groups in total. The van der Waals surface area contributed by atoms with E-state index in [2.05, 4.69) is 5.10 Å². The first-order valence-corrected chi connectivity index (χ1v) is 14.2. The van der Waals surface area contributed by atoms with Crippen molar-refractivity contribution in [3.05, 3.63) is 112 Å². The third-order valence-electron chi connectivity index (χ3n) is 6.60. The Kier molecular flexibility index (Phi) is 7.99. The van der Waals surface area contributed by atoms with E-state index >= 15 is 0 Å². The van der Waals surface area contributed by atoms with E-state index in [0.29, 0.717) is 28.6 Å². The normalized spacial score (nSPS) is 14.3. The SMILES string of the molecule is Nc1ccc(CS(=O)(=O)N2CCN(c3cnn(-c4cc(F)cc(F)c4)c(=O)c3OCc3ccc(F)cc3)CC2)cc1. The van der Waals surface area contributed by atoms with Gasteiger partial charge in [-0.1, -0.05) is 24.3 Å². The maximum absolute atomic E-state index is 13.9. The molecule has 0 aliphatic carbocycles. The molecule has 9 nitrogen and oxygen atoms in total. The average molecular weight is 586 g/mol. The van der Waals surface area contributed by atoms with Crippen LogP contribution in [0.1, 0.15) is 11.1 Å². The van der Waals surface area contributed by atoms with Crippen molar-refractivity contribution in [2.24, 2.45) is 0 Å². The van der Waals surface area contributed by atoms with Crippen molar-refractivity contribution in [3.8, 4) is 11.4 Å². The molecular formula is C28H26F3N5O4S. The van der Waals surface area contributed by atoms with E-state index in [0.717, 1.165) is 16.8 Å². The second-order valence-corrected chi connectivity index (χ2v) is 11.5. The Morgan fingerprint density at radius 1 is 0.829 bits per heavy atom. The number of nitrogens with zero attached hydrogens (tertiary/aromatic N) is 4. The molecule has 0 bridgehead atoms. The van der Waals surface area contributed by atoms with Crippen molar-refractivity contribution < 1.29 is 26.3 Å². The van der Waals surface area contributed by atoms with E-state index in [4.69, 9.17) is 10.5 Å². The summed E-state index contributed by atoms with van der Waals surface area (Å²) < 4.78 is 75.3. The predicted octanol–water partition coefficient (Wildman–Crippen LogP) is 3.46. The Morgan fingerprint density at radius 3 is 2.07 bits per heavy atom. The summed E-state index contributed by atoms with van der Waals surface area (Å²) in [6.07, 6.45) is 1.34. The maximum atomic E-state index is 13.9. The van der Waals surface area contributed by atoms with Gasteiger partial charge in [-0.25, -0.2) is 21.6 Å². The highest BCUT2D eigenvalue weighted by atomic mass is 32.2. The second kappa shape index (κ2) is 11.6. The van der Waals surface area contributed by atoms with Gasteiger partial charge in [0.2, 0.25) is 15.8 Å². The highest BCUT2D eigenvalue weighted by molar-refractivity contribution is 7.88. The maximum Gasteiger partial charge on any atom is 0.316 e. The van der Waals surface area contributed by atoms with Crippen LogP contribution in [0.4, 0.5) is 24.5 Å². The quantitative estimate of drug-likeness (QED) is 0.316. The lowest BCUT2D eigenvalue weighted by atomic mass is 10.2. The van der Waals surface area contributed by atoms with E-state index < -0.39 is 33.0 Å². The largest absolute Gasteiger partial charge is 0.481 e. The summed E-state index contributed by atoms with van der Waals surface area (Å²) in [7, 11) is -3.62. The molecule has 0 atom stereocenters. The third-order valence-corrected chi connectivity index (χ3v) is 8.45. The summed E-state index contributed by atoms with van der Waals surface area (Å²) in [5, 5.41) is 4.12. The van der Waals surface area contributed by atoms with Crippen LogP contribution in [0.25, 0.3) is 5.69 Å². The smallest absolute Gasteiger partial charge is 0.316 e. The van der Waals surface area contributed by atoms with Crippen LogP contribution in [0.2, 0.25) is 0 Å². The van der Waals surface area contributed by atoms with Gasteiger partial charge in [0.15, 0.2) is 0 Å². The Hall–Kier alpha value is -4.36. The van der Waals surface area contributed by atoms with Crippen LogP contribution in [0.5, 0.6) is 5.75 Å². The van der Waals surface area contributed by atoms with Crippen LogP contribution in [0.15, 0.2) is 77.7 Å². The fourth-order valence-electron chi connectivity index (χ4n) is 4.49. The predicted molar refractivity (Wildman–Crippen MR) is 148 cm³/mol. The van der Waals surface area contributed by atoms with Crippen molar-refractivity contribution in [1.82, 2.24) is 14.1 Å². The van der Waals surface area contributed by atoms with Gasteiger partial charge in [-0.05, 0) is 47.5 Å². The highest BCUT2D eigenvalue weighted by Gasteiger charge is 2.29. The Balaban J connectivity index is 1.40. The lowest BCUT2D eigenvalue weighted by Crippen LogP contribution is -2.49. The van der Waals surface area contributed by atoms with Crippen molar-refractivity contribution in [1.29, 1.82) is 0 Å². The molecule has 41 heavy (non-hydrogen) atoms. The van der Waals surface area contributed by atoms with Crippen LogP contribution < -0.4 is 20.9 Å². The Labute approximate surface area is 234 Å². The first kappa shape index (κ1) is 28.2. The van der Waals surface area contributed by atoms with Gasteiger partial charge in [0.25, 0.3) is 0 Å². The van der Waals surface area contributed by atoms with Gasteiger partial charge < -0.3 is 15.4 Å². The van der Waals surface area contributed by atoms with Crippen LogP contribution >= 0.6 is 0 Å². The fraction of sp³-hybridized carbons (Fsp3) is 0.214. The molecule has 1 saturated heterocycles. The minimum Gasteiger partial charge on any atom is -0.481 e. The molecule has 0 radical (unpaired) electrons. The molecule has 4 aromatic rings. The fourth-order valence-corrected chi connectivity index (χ4v) is 6.01. The van der Waals surface area contributed by atoms with E-state index in [1.54, 1.807) is 29.2 Å². The molecule has 1 aromatic heterocycles. The number of aromatic nitrogens is 2. The number of anilines is 2. The minimum absolute atomic E-state index is 0.0972. The van der Waals surface area contributed by atoms with E-state index in [1.165, 1.54) is 34.8 Å². The highest BCUT2D eigenvalue weighted by Crippen LogP contribution is 2.27. The molecule has 0 unspecified atom stereocenters. The summed E-state index contributed by atoms with van der Waals surface area (Å²) in [6.45, 7) is 0.654. The summed E-state index contributed by atoms with van der Waals surface area (Å²) in [5.74, 6) is -2.53. The van der Waals surface area contributed by atoms with Gasteiger partial charge in [0, 0.05) is 37.9 Å². The van der Waals surface area contributed by atoms with Crippen LogP contribution in [-0.4, -0.2) is 48.7 Å². The third kappa shape index (κ3) is 6.52. The van der Waals surface area contributed by atoms with Crippen LogP contribution in [0, 0.1) is 17.5 Å². The van der Waals surface area contributed by atoms with E-state index in [9.17, 15) is 26.4 Å². The molecule has 1 aliphatic heterocycles. The number of nitrogen functional groups attached to an aromatic ring is 1. The topological polar surface area (TPSA) is 111 Å². The number of hydrogen-bond acceptors (Lipinski definition) is 7. The number of ether oxygens (including phenoxy) is 1. The zero-order valence-electron chi connectivity index (χ0n) is 21.7. The number of benzene rings is 3. The number of rotatable bonds is 8. The molecule has 0 saturated carbocycles. The van der Waals surface area contributed by atoms with Gasteiger partial charge in [0.05, 0.1) is 17.6 Å². The van der Waals surface area contributed by atoms with Crippen molar-refractivity contribution in [2.45, 2.75) is 12.4 Å². The minimum atomic E-state index is -3.62. The summed E-state index contributed by atoms with van der Waals surface area (Å²) in [6, 6.07) is 14.7. The number of sulfonamides is 1. The van der Waals surface area contributed by atoms with Gasteiger partial charge in [-0.15, -0.1) is 0 Å². The number of nitrogens with two attached hydrogens (primary N) is 1. The summed E-state index contributed by atoms with van der Waals surface area (Å²) >= 11 is 0. The first-order valence-electron chi connectivity index (χ1n) is 12.6. The van der Waals surface area contributed by atoms with E-state index in [1.807, 2.05) is 0 Å². The van der Waals surface area contributed by atoms with Crippen molar-refractivity contribution in [3.63, 3.8) is 0 Å². The van der Waals surface area contributed by atoms with Crippen LogP contribution in [-0.2, 0) is 22.4 Å². The van der Waals surface area contributed by atoms with Crippen LogP contribution in [0.3, 0.4) is 0 Å². The Morgan fingerprint density at radius 2 is 1.44 bits per heavy atom. The zero-order chi connectivity index (χ0) is 29.1. The van der Waals surface area contributed by atoms with E-state index in [-0.39, 0.29) is 50.0 Å². The molecule has 13 heteroatoms. The average Bonchev–Trinajstić information content (AvgIpc) is 2.94. The molecule has 3 aromatic carbocycles. The van der Waals surface area contributed by atoms with Gasteiger partial charge >= 0.3 is 5.56 Å². The lowest BCUT2D eigenvalue weighted by molar-refractivity contribution is 0.297. The molecule has 0 amide bonds. The second-order valence-electron chi connectivity index (χ2n) is 9.50. The molecule has 1 aliphatic rings. The Bertz CT molecular complexity index is 1690. The standard InChI is InChI=1S/C28H26F3N5O4S/c29-21-5-1-19(2-6-21)17-40-27-26(16-33-36(28(27)37)25-14-22(30)13-23(31)15-25)34-9-11-35(12-10-34)41(38,39)18-20-3-7-24(32)8-4-20/h1-8,13-16H,9-12,17-18,32H2. The molecule has 5 rings (SSSR count). The van der Waals surface area contributed by atoms with Gasteiger partial charge in [-0.2, -0.15) is 14.1 Å². The number of hydrogen-bond donors (Lipinski definition) is 1.